The summed E-state index contributed by atoms with van der Waals surface area (Å²) in [7, 11) is 0. The van der Waals surface area contributed by atoms with Crippen LogP contribution in [0.15, 0.2) is 212 Å². The molecule has 0 saturated heterocycles. The Hall–Kier alpha value is -9.27. The van der Waals surface area contributed by atoms with Crippen molar-refractivity contribution in [2.45, 2.75) is 12.8 Å². The molecule has 0 spiro atoms. The monoisotopic (exact) mass is 884 g/mol. The second-order valence-electron chi connectivity index (χ2n) is 18.0. The Morgan fingerprint density at radius 3 is 2.01 bits per heavy atom. The van der Waals surface area contributed by atoms with E-state index in [1.165, 1.54) is 49.7 Å². The van der Waals surface area contributed by atoms with Crippen molar-refractivity contribution in [3.05, 3.63) is 229 Å². The molecule has 6 heterocycles. The van der Waals surface area contributed by atoms with Gasteiger partial charge in [0, 0.05) is 67.2 Å². The van der Waals surface area contributed by atoms with E-state index in [0.717, 1.165) is 80.0 Å². The van der Waals surface area contributed by atoms with Gasteiger partial charge in [0.05, 0.1) is 45.2 Å². The zero-order valence-corrected chi connectivity index (χ0v) is 37.3. The van der Waals surface area contributed by atoms with Crippen LogP contribution in [0.4, 0.5) is 11.4 Å². The summed E-state index contributed by atoms with van der Waals surface area (Å²) in [6, 6.07) is 60.8. The molecule has 0 unspecified atom stereocenters. The molecule has 2 aliphatic carbocycles. The van der Waals surface area contributed by atoms with Crippen LogP contribution in [0.2, 0.25) is 0 Å². The zero-order valence-electron chi connectivity index (χ0n) is 37.3. The van der Waals surface area contributed by atoms with E-state index in [2.05, 4.69) is 236 Å². The Morgan fingerprint density at radius 1 is 0.493 bits per heavy atom. The topological polar surface area (TPSA) is 61.6 Å². The molecule has 12 aromatic rings. The summed E-state index contributed by atoms with van der Waals surface area (Å²) >= 11 is 0. The van der Waals surface area contributed by atoms with Crippen LogP contribution in [0.3, 0.4) is 0 Å². The SMILES string of the molecule is C1=CCC=C(n2c(-n3c4ccccc4c4c3ccc3c5ccccc5n(-c5ccccc5)c34)nc3nc(-n4c5c(c6ccccc64)C=C4CC(=C5)c5ccccc5N4c4ccccc4)ncc32)C=C1. The summed E-state index contributed by atoms with van der Waals surface area (Å²) in [6.45, 7) is 0. The standard InChI is InChI=1S/C61H40N8/c1-2-6-24-42(23-5-1)67-56-38-62-60(68-52-31-17-13-27-46(52)49-37-43-35-39(36-55(49)68)44-25-11-15-29-50(44)65(43)40-19-7-3-8-20-40)63-59(56)64-61(67)69-53-32-18-14-28-48(53)57-54(69)34-33-47-45-26-12-16-30-51(45)66(58(47)57)41-21-9-4-10-22-41/h1-5,7-34,36-38H,6,35H2. The van der Waals surface area contributed by atoms with E-state index in [-0.39, 0.29) is 0 Å². The van der Waals surface area contributed by atoms with Crippen molar-refractivity contribution >= 4 is 100 Å². The second-order valence-corrected chi connectivity index (χ2v) is 18.0. The van der Waals surface area contributed by atoms with Crippen molar-refractivity contribution in [1.29, 1.82) is 0 Å². The lowest BCUT2D eigenvalue weighted by Crippen LogP contribution is -2.21. The Kier molecular flexibility index (Phi) is 8.03. The van der Waals surface area contributed by atoms with Gasteiger partial charge in [0.25, 0.3) is 0 Å². The average Bonchev–Trinajstić information content (AvgIpc) is 4.02. The van der Waals surface area contributed by atoms with Crippen LogP contribution in [0.25, 0.3) is 107 Å². The molecule has 0 saturated carbocycles. The first kappa shape index (κ1) is 37.9. The van der Waals surface area contributed by atoms with Gasteiger partial charge >= 0.3 is 0 Å². The quantitative estimate of drug-likeness (QED) is 0.173. The molecule has 324 valence electrons. The Morgan fingerprint density at radius 2 is 1.19 bits per heavy atom. The highest BCUT2D eigenvalue weighted by molar-refractivity contribution is 6.26. The summed E-state index contributed by atoms with van der Waals surface area (Å²) in [5.74, 6) is 1.32. The van der Waals surface area contributed by atoms with Gasteiger partial charge in [0.2, 0.25) is 11.9 Å². The lowest BCUT2D eigenvalue weighted by atomic mass is 9.93. The third-order valence-electron chi connectivity index (χ3n) is 14.2. The van der Waals surface area contributed by atoms with Gasteiger partial charge in [-0.2, -0.15) is 9.97 Å². The van der Waals surface area contributed by atoms with Crippen LogP contribution in [0.5, 0.6) is 0 Å². The van der Waals surface area contributed by atoms with Crippen LogP contribution in [-0.2, 0) is 0 Å². The van der Waals surface area contributed by atoms with Crippen molar-refractivity contribution in [2.75, 3.05) is 4.90 Å². The number of aromatic nitrogens is 7. The second kappa shape index (κ2) is 14.6. The molecule has 8 heteroatoms. The fourth-order valence-corrected chi connectivity index (χ4v) is 11.4. The summed E-state index contributed by atoms with van der Waals surface area (Å²) < 4.78 is 9.23. The molecule has 15 rings (SSSR count). The van der Waals surface area contributed by atoms with Crippen LogP contribution < -0.4 is 4.90 Å². The van der Waals surface area contributed by atoms with Crippen LogP contribution in [0.1, 0.15) is 29.7 Å². The maximum absolute atomic E-state index is 5.60. The number of hydrogen-bond donors (Lipinski definition) is 0. The number of rotatable bonds is 5. The Balaban J connectivity index is 0.996. The molecule has 0 amide bonds. The Labute approximate surface area is 396 Å². The molecule has 0 radical (unpaired) electrons. The van der Waals surface area contributed by atoms with E-state index in [1.807, 2.05) is 6.20 Å². The average molecular weight is 885 g/mol. The Bertz CT molecular complexity index is 4300. The van der Waals surface area contributed by atoms with Crippen LogP contribution in [0, 0.1) is 0 Å². The van der Waals surface area contributed by atoms with E-state index in [1.54, 1.807) is 0 Å². The number of allylic oxidation sites excluding steroid dienone is 7. The molecule has 5 aromatic heterocycles. The highest BCUT2D eigenvalue weighted by atomic mass is 15.3. The number of benzene rings is 7. The van der Waals surface area contributed by atoms with Crippen molar-refractivity contribution in [2.24, 2.45) is 0 Å². The maximum atomic E-state index is 5.60. The van der Waals surface area contributed by atoms with Gasteiger partial charge in [-0.15, -0.1) is 0 Å². The van der Waals surface area contributed by atoms with Gasteiger partial charge in [0.1, 0.15) is 5.52 Å². The van der Waals surface area contributed by atoms with E-state index in [9.17, 15) is 0 Å². The number of imidazole rings is 1. The zero-order chi connectivity index (χ0) is 45.2. The van der Waals surface area contributed by atoms with Crippen molar-refractivity contribution < 1.29 is 0 Å². The summed E-state index contributed by atoms with van der Waals surface area (Å²) in [5, 5.41) is 5.88. The predicted octanol–water partition coefficient (Wildman–Crippen LogP) is 14.8. The fourth-order valence-electron chi connectivity index (χ4n) is 11.4. The van der Waals surface area contributed by atoms with Gasteiger partial charge in [0.15, 0.2) is 5.65 Å². The summed E-state index contributed by atoms with van der Waals surface area (Å²) in [5.41, 5.74) is 17.2. The smallest absolute Gasteiger partial charge is 0.236 e. The molecule has 3 aliphatic rings. The van der Waals surface area contributed by atoms with E-state index < -0.39 is 0 Å². The van der Waals surface area contributed by atoms with Gasteiger partial charge in [-0.1, -0.05) is 140 Å². The fraction of sp³-hybridized carbons (Fsp3) is 0.0328. The lowest BCUT2D eigenvalue weighted by molar-refractivity contribution is 0.964. The minimum absolute atomic E-state index is 0.569. The molecule has 0 N–H and O–H groups in total. The van der Waals surface area contributed by atoms with Gasteiger partial charge in [-0.05, 0) is 84.8 Å². The molecule has 0 fully saturated rings. The predicted molar refractivity (Wildman–Crippen MR) is 283 cm³/mol. The van der Waals surface area contributed by atoms with Crippen molar-refractivity contribution in [3.63, 3.8) is 0 Å². The molecular weight excluding hydrogens is 845 g/mol. The number of fused-ring (bicyclic) bond motifs is 15. The number of para-hydroxylation sites is 6. The minimum atomic E-state index is 0.569. The van der Waals surface area contributed by atoms with Crippen molar-refractivity contribution in [3.8, 4) is 17.6 Å². The van der Waals surface area contributed by atoms with Crippen LogP contribution in [-0.4, -0.2) is 33.2 Å². The molecular formula is C61H40N8. The minimum Gasteiger partial charge on any atom is -0.313 e. The summed E-state index contributed by atoms with van der Waals surface area (Å²) in [4.78, 5) is 18.8. The summed E-state index contributed by atoms with van der Waals surface area (Å²) in [6.07, 6.45) is 19.1. The van der Waals surface area contributed by atoms with Crippen LogP contribution >= 0.6 is 0 Å². The first-order valence-corrected chi connectivity index (χ1v) is 23.6. The molecule has 8 nitrogen and oxygen atoms in total. The molecule has 1 aliphatic heterocycles. The maximum Gasteiger partial charge on any atom is 0.236 e. The lowest BCUT2D eigenvalue weighted by Gasteiger charge is -2.34. The number of nitrogens with zero attached hydrogens (tertiary/aromatic N) is 8. The molecule has 69 heavy (non-hydrogen) atoms. The van der Waals surface area contributed by atoms with E-state index in [4.69, 9.17) is 15.0 Å². The normalized spacial score (nSPS) is 14.4. The third kappa shape index (κ3) is 5.48. The van der Waals surface area contributed by atoms with Gasteiger partial charge in [-0.25, -0.2) is 4.98 Å². The van der Waals surface area contributed by atoms with E-state index in [0.29, 0.717) is 11.6 Å². The third-order valence-corrected chi connectivity index (χ3v) is 14.2. The van der Waals surface area contributed by atoms with Gasteiger partial charge < -0.3 is 9.47 Å². The highest BCUT2D eigenvalue weighted by Gasteiger charge is 2.31. The van der Waals surface area contributed by atoms with E-state index >= 15 is 0 Å². The molecule has 2 bridgehead atoms. The first-order valence-electron chi connectivity index (χ1n) is 23.6. The first-order chi connectivity index (χ1) is 34.3. The highest BCUT2D eigenvalue weighted by Crippen LogP contribution is 2.49. The largest absolute Gasteiger partial charge is 0.313 e. The molecule has 0 atom stereocenters. The van der Waals surface area contributed by atoms with Gasteiger partial charge in [-0.3, -0.25) is 13.7 Å². The van der Waals surface area contributed by atoms with Crippen molar-refractivity contribution in [1.82, 2.24) is 33.2 Å². The number of hydrogen-bond acceptors (Lipinski definition) is 4. The number of anilines is 2. The molecule has 7 aromatic carbocycles.